The van der Waals surface area contributed by atoms with E-state index in [9.17, 15) is 5.11 Å². The van der Waals surface area contributed by atoms with Crippen LogP contribution in [0.4, 0.5) is 5.82 Å². The molecule has 4 rings (SSSR count). The van der Waals surface area contributed by atoms with Crippen molar-refractivity contribution in [1.82, 2.24) is 9.97 Å². The van der Waals surface area contributed by atoms with Crippen molar-refractivity contribution in [2.75, 3.05) is 18.0 Å². The Morgan fingerprint density at radius 3 is 2.68 bits per heavy atom. The highest BCUT2D eigenvalue weighted by Gasteiger charge is 2.23. The van der Waals surface area contributed by atoms with Gasteiger partial charge in [0.25, 0.3) is 0 Å². The van der Waals surface area contributed by atoms with Crippen LogP contribution in [0.15, 0.2) is 42.5 Å². The number of nitrogens with zero attached hydrogens (tertiary/aromatic N) is 4. The molecular weight excluding hydrogens is 376 g/mol. The Bertz CT molecular complexity index is 1020. The Labute approximate surface area is 169 Å². The molecule has 1 aliphatic heterocycles. The molecule has 144 valence electrons. The second-order valence-corrected chi connectivity index (χ2v) is 6.76. The second-order valence-electron chi connectivity index (χ2n) is 6.76. The van der Waals surface area contributed by atoms with Gasteiger partial charge in [-0.15, -0.1) is 12.4 Å². The van der Waals surface area contributed by atoms with Crippen molar-refractivity contribution in [2.24, 2.45) is 0 Å². The van der Waals surface area contributed by atoms with Crippen LogP contribution in [-0.4, -0.2) is 34.3 Å². The minimum Gasteiger partial charge on any atom is -0.489 e. The molecule has 1 atom stereocenters. The van der Waals surface area contributed by atoms with E-state index in [1.54, 1.807) is 12.1 Å². The molecule has 1 aromatic heterocycles. The van der Waals surface area contributed by atoms with Gasteiger partial charge in [0.05, 0.1) is 23.3 Å². The molecule has 6 nitrogen and oxygen atoms in total. The monoisotopic (exact) mass is 396 g/mol. The number of rotatable bonds is 4. The third-order valence-corrected chi connectivity index (χ3v) is 4.71. The van der Waals surface area contributed by atoms with Gasteiger partial charge < -0.3 is 14.7 Å². The van der Waals surface area contributed by atoms with Crippen molar-refractivity contribution in [3.8, 4) is 11.8 Å². The summed E-state index contributed by atoms with van der Waals surface area (Å²) in [4.78, 5) is 11.3. The minimum absolute atomic E-state index is 0. The lowest BCUT2D eigenvalue weighted by atomic mass is 10.1. The molecule has 2 heterocycles. The Balaban J connectivity index is 0.00000225. The van der Waals surface area contributed by atoms with Gasteiger partial charge in [-0.25, -0.2) is 9.97 Å². The first kappa shape index (κ1) is 19.9. The van der Waals surface area contributed by atoms with Crippen molar-refractivity contribution in [3.63, 3.8) is 0 Å². The SMILES string of the molecule is Cc1nc(N2CC[C@H](O)C2)c2ccc(OCc3ccc(C#N)cc3)cc2n1.Cl. The Morgan fingerprint density at radius 2 is 2.00 bits per heavy atom. The molecule has 1 N–H and O–H groups in total. The average molecular weight is 397 g/mol. The zero-order chi connectivity index (χ0) is 18.8. The van der Waals surface area contributed by atoms with Crippen LogP contribution in [0.3, 0.4) is 0 Å². The number of β-amino-alcohol motifs (C(OH)–C–C–N with tert-alkyl or cyclic N) is 1. The van der Waals surface area contributed by atoms with E-state index in [1.807, 2.05) is 37.3 Å². The van der Waals surface area contributed by atoms with Crippen molar-refractivity contribution in [2.45, 2.75) is 26.1 Å². The molecular formula is C21H21ClN4O2. The summed E-state index contributed by atoms with van der Waals surface area (Å²) in [6.07, 6.45) is 0.460. The first-order valence-corrected chi connectivity index (χ1v) is 8.95. The lowest BCUT2D eigenvalue weighted by molar-refractivity contribution is 0.198. The summed E-state index contributed by atoms with van der Waals surface area (Å²) in [5, 5.41) is 19.7. The van der Waals surface area contributed by atoms with Crippen molar-refractivity contribution in [1.29, 1.82) is 5.26 Å². The normalized spacial score (nSPS) is 15.9. The topological polar surface area (TPSA) is 82.3 Å². The highest BCUT2D eigenvalue weighted by Crippen LogP contribution is 2.29. The number of halogens is 1. The predicted octanol–water partition coefficient (Wildman–Crippen LogP) is 3.38. The van der Waals surface area contributed by atoms with E-state index in [0.717, 1.165) is 41.0 Å². The zero-order valence-corrected chi connectivity index (χ0v) is 16.3. The van der Waals surface area contributed by atoms with E-state index in [1.165, 1.54) is 0 Å². The molecule has 7 heteroatoms. The molecule has 0 spiro atoms. The molecule has 0 saturated carbocycles. The number of aliphatic hydroxyl groups excluding tert-OH is 1. The van der Waals surface area contributed by atoms with Crippen LogP contribution < -0.4 is 9.64 Å². The molecule has 2 aromatic carbocycles. The number of hydrogen-bond acceptors (Lipinski definition) is 6. The summed E-state index contributed by atoms with van der Waals surface area (Å²) < 4.78 is 5.90. The Morgan fingerprint density at radius 1 is 1.21 bits per heavy atom. The van der Waals surface area contributed by atoms with Gasteiger partial charge in [0.1, 0.15) is 24.0 Å². The summed E-state index contributed by atoms with van der Waals surface area (Å²) >= 11 is 0. The number of nitriles is 1. The number of benzene rings is 2. The summed E-state index contributed by atoms with van der Waals surface area (Å²) in [5.41, 5.74) is 2.46. The van der Waals surface area contributed by atoms with Crippen LogP contribution in [0, 0.1) is 18.3 Å². The molecule has 0 radical (unpaired) electrons. The number of aromatic nitrogens is 2. The fraction of sp³-hybridized carbons (Fsp3) is 0.286. The molecule has 0 aliphatic carbocycles. The van der Waals surface area contributed by atoms with Gasteiger partial charge in [-0.1, -0.05) is 12.1 Å². The number of anilines is 1. The quantitative estimate of drug-likeness (QED) is 0.728. The summed E-state index contributed by atoms with van der Waals surface area (Å²) in [7, 11) is 0. The highest BCUT2D eigenvalue weighted by molar-refractivity contribution is 5.90. The fourth-order valence-corrected chi connectivity index (χ4v) is 3.31. The number of aliphatic hydroxyl groups is 1. The zero-order valence-electron chi connectivity index (χ0n) is 15.5. The van der Waals surface area contributed by atoms with Gasteiger partial charge in [-0.3, -0.25) is 0 Å². The lowest BCUT2D eigenvalue weighted by Gasteiger charge is -2.19. The van der Waals surface area contributed by atoms with Crippen LogP contribution in [0.1, 0.15) is 23.4 Å². The third kappa shape index (κ3) is 4.16. The standard InChI is InChI=1S/C21H20N4O2.ClH/c1-14-23-20-10-18(27-13-16-4-2-15(11-22)3-5-16)6-7-19(20)21(24-14)25-9-8-17(26)12-25;/h2-7,10,17,26H,8-9,12-13H2,1H3;1H/t17-;/m0./s1. The van der Waals surface area contributed by atoms with Gasteiger partial charge in [0.2, 0.25) is 0 Å². The predicted molar refractivity (Wildman–Crippen MR) is 110 cm³/mol. The molecule has 3 aromatic rings. The number of fused-ring (bicyclic) bond motifs is 1. The van der Waals surface area contributed by atoms with Crippen LogP contribution >= 0.6 is 12.4 Å². The van der Waals surface area contributed by atoms with E-state index in [0.29, 0.717) is 24.5 Å². The van der Waals surface area contributed by atoms with Gasteiger partial charge in [0, 0.05) is 24.5 Å². The first-order chi connectivity index (χ1) is 13.1. The van der Waals surface area contributed by atoms with Gasteiger partial charge in [-0.05, 0) is 43.2 Å². The minimum atomic E-state index is -0.301. The fourth-order valence-electron chi connectivity index (χ4n) is 3.31. The Kier molecular flexibility index (Phi) is 5.98. The second kappa shape index (κ2) is 8.42. The van der Waals surface area contributed by atoms with Crippen LogP contribution in [0.5, 0.6) is 5.75 Å². The number of hydrogen-bond donors (Lipinski definition) is 1. The van der Waals surface area contributed by atoms with Crippen molar-refractivity contribution < 1.29 is 9.84 Å². The summed E-state index contributed by atoms with van der Waals surface area (Å²) in [6.45, 7) is 3.69. The van der Waals surface area contributed by atoms with Gasteiger partial charge in [-0.2, -0.15) is 5.26 Å². The van der Waals surface area contributed by atoms with Gasteiger partial charge >= 0.3 is 0 Å². The van der Waals surface area contributed by atoms with E-state index in [2.05, 4.69) is 20.9 Å². The lowest BCUT2D eigenvalue weighted by Crippen LogP contribution is -2.23. The van der Waals surface area contributed by atoms with Crippen molar-refractivity contribution >= 4 is 29.1 Å². The molecule has 1 saturated heterocycles. The first-order valence-electron chi connectivity index (χ1n) is 8.95. The molecule has 0 amide bonds. The van der Waals surface area contributed by atoms with E-state index in [-0.39, 0.29) is 18.5 Å². The molecule has 28 heavy (non-hydrogen) atoms. The smallest absolute Gasteiger partial charge is 0.140 e. The molecule has 0 bridgehead atoms. The van der Waals surface area contributed by atoms with Crippen molar-refractivity contribution in [3.05, 3.63) is 59.4 Å². The van der Waals surface area contributed by atoms with E-state index < -0.39 is 0 Å². The average Bonchev–Trinajstić information content (AvgIpc) is 3.12. The largest absolute Gasteiger partial charge is 0.489 e. The maximum atomic E-state index is 9.83. The Hall–Kier alpha value is -2.88. The van der Waals surface area contributed by atoms with E-state index in [4.69, 9.17) is 10.00 Å². The van der Waals surface area contributed by atoms with Crippen LogP contribution in [-0.2, 0) is 6.61 Å². The highest BCUT2D eigenvalue weighted by atomic mass is 35.5. The number of ether oxygens (including phenoxy) is 1. The molecule has 1 aliphatic rings. The summed E-state index contributed by atoms with van der Waals surface area (Å²) in [6, 6.07) is 15.3. The maximum Gasteiger partial charge on any atom is 0.140 e. The van der Waals surface area contributed by atoms with Crippen LogP contribution in [0.2, 0.25) is 0 Å². The van der Waals surface area contributed by atoms with Gasteiger partial charge in [0.15, 0.2) is 0 Å². The molecule has 1 fully saturated rings. The van der Waals surface area contributed by atoms with Crippen LogP contribution in [0.25, 0.3) is 10.9 Å². The summed E-state index contributed by atoms with van der Waals surface area (Å²) in [5.74, 6) is 2.30. The number of aryl methyl sites for hydroxylation is 1. The maximum absolute atomic E-state index is 9.83. The third-order valence-electron chi connectivity index (χ3n) is 4.71. The molecule has 0 unspecified atom stereocenters. The van der Waals surface area contributed by atoms with E-state index >= 15 is 0 Å².